The van der Waals surface area contributed by atoms with Crippen molar-refractivity contribution in [3.63, 3.8) is 0 Å². The Bertz CT molecular complexity index is 1450. The van der Waals surface area contributed by atoms with Crippen LogP contribution in [0.15, 0.2) is 64.2 Å². The fraction of sp³-hybridized carbons (Fsp3) is 0.182. The SMILES string of the molecule is CN(C)CCn1c(=O)c2cccc3c4c5ccccc5ccc4n(c1=O)c23.Cl. The molecule has 0 spiro atoms. The third-order valence-electron chi connectivity index (χ3n) is 5.35. The first-order valence-corrected chi connectivity index (χ1v) is 9.04. The molecule has 28 heavy (non-hydrogen) atoms. The highest BCUT2D eigenvalue weighted by Gasteiger charge is 2.19. The zero-order valence-electron chi connectivity index (χ0n) is 15.7. The fourth-order valence-corrected chi connectivity index (χ4v) is 4.06. The molecule has 5 aromatic rings. The topological polar surface area (TPSA) is 46.7 Å². The van der Waals surface area contributed by atoms with E-state index < -0.39 is 0 Å². The highest BCUT2D eigenvalue weighted by Crippen LogP contribution is 2.34. The van der Waals surface area contributed by atoms with Crippen LogP contribution in [0.3, 0.4) is 0 Å². The standard InChI is InChI=1S/C22H19N3O2.ClH/c1-23(2)12-13-24-21(26)17-9-5-8-16-19-15-7-4-3-6-14(15)10-11-18(19)25(20(16)17)22(24)27;/h3-11H,12-13H2,1-2H3;1H. The summed E-state index contributed by atoms with van der Waals surface area (Å²) in [6.07, 6.45) is 0. The normalized spacial score (nSPS) is 11.8. The zero-order chi connectivity index (χ0) is 18.7. The highest BCUT2D eigenvalue weighted by atomic mass is 35.5. The minimum Gasteiger partial charge on any atom is -0.308 e. The summed E-state index contributed by atoms with van der Waals surface area (Å²) in [5.74, 6) is 0. The first kappa shape index (κ1) is 18.5. The lowest BCUT2D eigenvalue weighted by Gasteiger charge is -2.12. The van der Waals surface area contributed by atoms with Crippen LogP contribution in [0.25, 0.3) is 38.0 Å². The van der Waals surface area contributed by atoms with Crippen molar-refractivity contribution in [2.45, 2.75) is 6.54 Å². The number of aromatic nitrogens is 2. The summed E-state index contributed by atoms with van der Waals surface area (Å²) in [6, 6.07) is 17.9. The Morgan fingerprint density at radius 1 is 0.857 bits per heavy atom. The molecular weight excluding hydrogens is 374 g/mol. The van der Waals surface area contributed by atoms with Crippen molar-refractivity contribution in [3.8, 4) is 0 Å². The molecule has 3 aromatic carbocycles. The third kappa shape index (κ3) is 2.44. The van der Waals surface area contributed by atoms with Crippen molar-refractivity contribution in [2.24, 2.45) is 0 Å². The molecule has 0 aliphatic carbocycles. The molecule has 0 atom stereocenters. The van der Waals surface area contributed by atoms with Gasteiger partial charge in [0.05, 0.1) is 16.4 Å². The number of likely N-dealkylation sites (N-methyl/N-ethyl adjacent to an activating group) is 1. The Morgan fingerprint density at radius 3 is 2.36 bits per heavy atom. The third-order valence-corrected chi connectivity index (χ3v) is 5.35. The largest absolute Gasteiger partial charge is 0.336 e. The molecule has 0 saturated heterocycles. The van der Waals surface area contributed by atoms with Crippen LogP contribution in [-0.4, -0.2) is 34.5 Å². The molecule has 2 heterocycles. The molecule has 0 radical (unpaired) electrons. The lowest BCUT2D eigenvalue weighted by molar-refractivity contribution is 0.376. The maximum absolute atomic E-state index is 13.3. The number of fused-ring (bicyclic) bond motifs is 5. The van der Waals surface area contributed by atoms with Crippen molar-refractivity contribution >= 4 is 50.4 Å². The molecule has 0 aliphatic rings. The fourth-order valence-electron chi connectivity index (χ4n) is 4.06. The molecule has 0 amide bonds. The average molecular weight is 394 g/mol. The van der Waals surface area contributed by atoms with E-state index in [0.29, 0.717) is 18.5 Å². The second kappa shape index (κ2) is 6.62. The molecular formula is C22H20ClN3O2. The second-order valence-electron chi connectivity index (χ2n) is 7.26. The maximum Gasteiger partial charge on any atom is 0.336 e. The number of para-hydroxylation sites is 1. The number of hydrogen-bond acceptors (Lipinski definition) is 3. The minimum absolute atomic E-state index is 0. The lowest BCUT2D eigenvalue weighted by atomic mass is 10.0. The van der Waals surface area contributed by atoms with Crippen LogP contribution in [-0.2, 0) is 6.54 Å². The van der Waals surface area contributed by atoms with Gasteiger partial charge in [0, 0.05) is 23.9 Å². The predicted octanol–water partition coefficient (Wildman–Crippen LogP) is 3.34. The van der Waals surface area contributed by atoms with Crippen molar-refractivity contribution in [2.75, 3.05) is 20.6 Å². The number of halogens is 1. The van der Waals surface area contributed by atoms with Gasteiger partial charge in [-0.2, -0.15) is 0 Å². The Morgan fingerprint density at radius 2 is 1.57 bits per heavy atom. The Balaban J connectivity index is 0.00000192. The highest BCUT2D eigenvalue weighted by molar-refractivity contribution is 6.23. The lowest BCUT2D eigenvalue weighted by Crippen LogP contribution is -2.39. The summed E-state index contributed by atoms with van der Waals surface area (Å²) >= 11 is 0. The number of hydrogen-bond donors (Lipinski definition) is 0. The number of nitrogens with zero attached hydrogens (tertiary/aromatic N) is 3. The molecule has 5 rings (SSSR count). The van der Waals surface area contributed by atoms with Crippen LogP contribution in [0.1, 0.15) is 0 Å². The van der Waals surface area contributed by atoms with E-state index in [1.807, 2.05) is 61.5 Å². The quantitative estimate of drug-likeness (QED) is 0.472. The van der Waals surface area contributed by atoms with Gasteiger partial charge >= 0.3 is 5.69 Å². The van der Waals surface area contributed by atoms with E-state index in [9.17, 15) is 9.59 Å². The monoisotopic (exact) mass is 393 g/mol. The van der Waals surface area contributed by atoms with Crippen LogP contribution in [0.5, 0.6) is 0 Å². The molecule has 2 aromatic heterocycles. The summed E-state index contributed by atoms with van der Waals surface area (Å²) < 4.78 is 3.07. The van der Waals surface area contributed by atoms with Crippen LogP contribution < -0.4 is 11.2 Å². The van der Waals surface area contributed by atoms with Gasteiger partial charge in [-0.3, -0.25) is 13.8 Å². The van der Waals surface area contributed by atoms with Gasteiger partial charge in [-0.05, 0) is 37.0 Å². The first-order chi connectivity index (χ1) is 13.1. The summed E-state index contributed by atoms with van der Waals surface area (Å²) in [6.45, 7) is 0.999. The average Bonchev–Trinajstić information content (AvgIpc) is 3.01. The molecule has 0 bridgehead atoms. The van der Waals surface area contributed by atoms with Crippen LogP contribution >= 0.6 is 12.4 Å². The van der Waals surface area contributed by atoms with Gasteiger partial charge in [-0.1, -0.05) is 42.5 Å². The van der Waals surface area contributed by atoms with E-state index in [4.69, 9.17) is 0 Å². The molecule has 0 unspecified atom stereocenters. The first-order valence-electron chi connectivity index (χ1n) is 9.04. The van der Waals surface area contributed by atoms with E-state index >= 15 is 0 Å². The van der Waals surface area contributed by atoms with Gasteiger partial charge in [-0.15, -0.1) is 12.4 Å². The maximum atomic E-state index is 13.3. The van der Waals surface area contributed by atoms with Gasteiger partial charge in [0.15, 0.2) is 0 Å². The second-order valence-corrected chi connectivity index (χ2v) is 7.26. The van der Waals surface area contributed by atoms with Crippen LogP contribution in [0.2, 0.25) is 0 Å². The smallest absolute Gasteiger partial charge is 0.308 e. The molecule has 0 aliphatic heterocycles. The van der Waals surface area contributed by atoms with Gasteiger partial charge in [0.2, 0.25) is 0 Å². The number of rotatable bonds is 3. The molecule has 0 fully saturated rings. The Labute approximate surface area is 167 Å². The van der Waals surface area contributed by atoms with Crippen molar-refractivity contribution in [3.05, 3.63) is 75.4 Å². The summed E-state index contributed by atoms with van der Waals surface area (Å²) in [7, 11) is 3.87. The van der Waals surface area contributed by atoms with Crippen molar-refractivity contribution in [1.29, 1.82) is 0 Å². The van der Waals surface area contributed by atoms with E-state index in [0.717, 1.165) is 32.6 Å². The zero-order valence-corrected chi connectivity index (χ0v) is 16.5. The van der Waals surface area contributed by atoms with Crippen molar-refractivity contribution < 1.29 is 0 Å². The van der Waals surface area contributed by atoms with Gasteiger partial charge in [-0.25, -0.2) is 4.79 Å². The van der Waals surface area contributed by atoms with Gasteiger partial charge in [0.25, 0.3) is 5.56 Å². The minimum atomic E-state index is -0.268. The molecule has 0 N–H and O–H groups in total. The van der Waals surface area contributed by atoms with E-state index in [-0.39, 0.29) is 23.7 Å². The molecule has 142 valence electrons. The molecule has 6 heteroatoms. The van der Waals surface area contributed by atoms with E-state index in [1.165, 1.54) is 4.57 Å². The molecule has 5 nitrogen and oxygen atoms in total. The van der Waals surface area contributed by atoms with Crippen LogP contribution in [0, 0.1) is 0 Å². The number of benzene rings is 3. The summed E-state index contributed by atoms with van der Waals surface area (Å²) in [5, 5.41) is 4.79. The summed E-state index contributed by atoms with van der Waals surface area (Å²) in [4.78, 5) is 28.3. The van der Waals surface area contributed by atoms with Crippen molar-refractivity contribution in [1.82, 2.24) is 13.9 Å². The molecule has 0 saturated carbocycles. The van der Waals surface area contributed by atoms with Gasteiger partial charge in [0.1, 0.15) is 0 Å². The van der Waals surface area contributed by atoms with E-state index in [2.05, 4.69) is 12.1 Å². The van der Waals surface area contributed by atoms with Crippen LogP contribution in [0.4, 0.5) is 0 Å². The van der Waals surface area contributed by atoms with E-state index in [1.54, 1.807) is 4.40 Å². The Kier molecular flexibility index (Phi) is 4.37. The van der Waals surface area contributed by atoms with Gasteiger partial charge < -0.3 is 4.90 Å². The Hall–Kier alpha value is -2.89. The predicted molar refractivity (Wildman–Crippen MR) is 117 cm³/mol. The summed E-state index contributed by atoms with van der Waals surface area (Å²) in [5.41, 5.74) is 1.09.